The minimum absolute atomic E-state index is 0.0697. The fourth-order valence-electron chi connectivity index (χ4n) is 3.31. The summed E-state index contributed by atoms with van der Waals surface area (Å²) < 4.78 is 18.3. The summed E-state index contributed by atoms with van der Waals surface area (Å²) in [5, 5.41) is 12.3. The Bertz CT molecular complexity index is 777. The van der Waals surface area contributed by atoms with Crippen molar-refractivity contribution >= 4 is 11.9 Å². The van der Waals surface area contributed by atoms with Gasteiger partial charge in [-0.05, 0) is 37.1 Å². The number of carbonyl (C=O) groups excluding carboxylic acids is 1. The lowest BCUT2D eigenvalue weighted by molar-refractivity contribution is -0.148. The highest BCUT2D eigenvalue weighted by molar-refractivity contribution is 5.87. The molecule has 1 aromatic heterocycles. The van der Waals surface area contributed by atoms with Gasteiger partial charge in [-0.25, -0.2) is 14.2 Å². The number of hydrogen-bond donors (Lipinski definition) is 2. The number of carboxylic acid groups (broad SMARTS) is 1. The van der Waals surface area contributed by atoms with E-state index >= 15 is 0 Å². The molecule has 2 N–H and O–H groups in total. The van der Waals surface area contributed by atoms with Crippen molar-refractivity contribution in [3.05, 3.63) is 42.0 Å². The Labute approximate surface area is 150 Å². The SMILES string of the molecule is O=C(Cc1coc(-c2ccc(F)cc2)n1)NC1(C(=O)O)CCCCCC1. The van der Waals surface area contributed by atoms with Crippen molar-refractivity contribution in [2.24, 2.45) is 0 Å². The van der Waals surface area contributed by atoms with Crippen LogP contribution in [0.15, 0.2) is 34.9 Å². The van der Waals surface area contributed by atoms with Crippen LogP contribution >= 0.6 is 0 Å². The van der Waals surface area contributed by atoms with Crippen molar-refractivity contribution in [1.29, 1.82) is 0 Å². The van der Waals surface area contributed by atoms with E-state index in [0.29, 0.717) is 24.1 Å². The summed E-state index contributed by atoms with van der Waals surface area (Å²) >= 11 is 0. The highest BCUT2D eigenvalue weighted by Crippen LogP contribution is 2.28. The van der Waals surface area contributed by atoms with Crippen LogP contribution < -0.4 is 5.32 Å². The highest BCUT2D eigenvalue weighted by atomic mass is 19.1. The van der Waals surface area contributed by atoms with E-state index < -0.39 is 17.4 Å². The van der Waals surface area contributed by atoms with Crippen LogP contribution in [0.3, 0.4) is 0 Å². The number of carbonyl (C=O) groups is 2. The van der Waals surface area contributed by atoms with Gasteiger partial charge in [-0.2, -0.15) is 0 Å². The largest absolute Gasteiger partial charge is 0.480 e. The van der Waals surface area contributed by atoms with E-state index in [4.69, 9.17) is 4.42 Å². The minimum Gasteiger partial charge on any atom is -0.480 e. The maximum Gasteiger partial charge on any atom is 0.329 e. The molecule has 0 bridgehead atoms. The molecular weight excluding hydrogens is 339 g/mol. The molecule has 3 rings (SSSR count). The lowest BCUT2D eigenvalue weighted by Crippen LogP contribution is -2.54. The van der Waals surface area contributed by atoms with Crippen molar-refractivity contribution in [3.8, 4) is 11.5 Å². The Balaban J connectivity index is 1.67. The number of rotatable bonds is 5. The van der Waals surface area contributed by atoms with E-state index in [1.807, 2.05) is 0 Å². The average Bonchev–Trinajstić information content (AvgIpc) is 2.92. The number of benzene rings is 1. The minimum atomic E-state index is -1.20. The van der Waals surface area contributed by atoms with Gasteiger partial charge in [0.25, 0.3) is 0 Å². The van der Waals surface area contributed by atoms with Crippen molar-refractivity contribution in [1.82, 2.24) is 10.3 Å². The van der Waals surface area contributed by atoms with Crippen LogP contribution in [0.5, 0.6) is 0 Å². The number of nitrogens with zero attached hydrogens (tertiary/aromatic N) is 1. The Morgan fingerprint density at radius 3 is 2.42 bits per heavy atom. The van der Waals surface area contributed by atoms with E-state index in [0.717, 1.165) is 25.7 Å². The predicted octanol–water partition coefficient (Wildman–Crippen LogP) is 3.32. The molecule has 1 aliphatic rings. The summed E-state index contributed by atoms with van der Waals surface area (Å²) in [7, 11) is 0. The van der Waals surface area contributed by atoms with Gasteiger partial charge in [0.2, 0.25) is 11.8 Å². The van der Waals surface area contributed by atoms with Gasteiger partial charge in [0.05, 0.1) is 12.1 Å². The molecule has 1 saturated carbocycles. The second-order valence-electron chi connectivity index (χ2n) is 6.68. The summed E-state index contributed by atoms with van der Waals surface area (Å²) in [6.45, 7) is 0. The number of nitrogens with one attached hydrogen (secondary N) is 1. The van der Waals surface area contributed by atoms with E-state index in [-0.39, 0.29) is 18.1 Å². The summed E-state index contributed by atoms with van der Waals surface area (Å²) in [4.78, 5) is 28.4. The van der Waals surface area contributed by atoms with Crippen molar-refractivity contribution in [3.63, 3.8) is 0 Å². The van der Waals surface area contributed by atoms with E-state index in [1.165, 1.54) is 30.5 Å². The van der Waals surface area contributed by atoms with Gasteiger partial charge in [0, 0.05) is 5.56 Å². The fourth-order valence-corrected chi connectivity index (χ4v) is 3.31. The zero-order chi connectivity index (χ0) is 18.6. The van der Waals surface area contributed by atoms with Gasteiger partial charge >= 0.3 is 5.97 Å². The number of aromatic nitrogens is 1. The van der Waals surface area contributed by atoms with Gasteiger partial charge in [-0.15, -0.1) is 0 Å². The lowest BCUT2D eigenvalue weighted by atomic mass is 9.90. The topological polar surface area (TPSA) is 92.4 Å². The first-order valence-corrected chi connectivity index (χ1v) is 8.73. The highest BCUT2D eigenvalue weighted by Gasteiger charge is 2.40. The van der Waals surface area contributed by atoms with E-state index in [1.54, 1.807) is 0 Å². The Morgan fingerprint density at radius 1 is 1.15 bits per heavy atom. The summed E-state index contributed by atoms with van der Waals surface area (Å²) in [6, 6.07) is 5.68. The molecule has 1 fully saturated rings. The standard InChI is InChI=1S/C19H21FN2O4/c20-14-7-5-13(6-8-14)17-21-15(12-26-17)11-16(23)22-19(18(24)25)9-3-1-2-4-10-19/h5-8,12H,1-4,9-11H2,(H,22,23)(H,24,25). The number of halogens is 1. The van der Waals surface area contributed by atoms with Crippen LogP contribution in [-0.2, 0) is 16.0 Å². The van der Waals surface area contributed by atoms with Crippen LogP contribution in [0.2, 0.25) is 0 Å². The third-order valence-electron chi connectivity index (χ3n) is 4.73. The molecule has 0 unspecified atom stereocenters. The van der Waals surface area contributed by atoms with Gasteiger partial charge in [0.1, 0.15) is 17.6 Å². The molecule has 6 nitrogen and oxygen atoms in total. The number of aliphatic carboxylic acids is 1. The number of amides is 1. The monoisotopic (exact) mass is 360 g/mol. The first-order valence-electron chi connectivity index (χ1n) is 8.73. The molecule has 0 saturated heterocycles. The zero-order valence-corrected chi connectivity index (χ0v) is 14.3. The molecule has 2 aromatic rings. The maximum absolute atomic E-state index is 13.0. The van der Waals surface area contributed by atoms with Crippen molar-refractivity contribution < 1.29 is 23.5 Å². The van der Waals surface area contributed by atoms with Gasteiger partial charge in [0.15, 0.2) is 0 Å². The average molecular weight is 360 g/mol. The van der Waals surface area contributed by atoms with Crippen LogP contribution in [-0.4, -0.2) is 27.5 Å². The molecule has 1 heterocycles. The quantitative estimate of drug-likeness (QED) is 0.798. The third kappa shape index (κ3) is 4.09. The molecule has 7 heteroatoms. The molecule has 1 aliphatic carbocycles. The summed E-state index contributed by atoms with van der Waals surface area (Å²) in [5.41, 5.74) is -0.197. The third-order valence-corrected chi connectivity index (χ3v) is 4.73. The second kappa shape index (κ2) is 7.68. The number of carboxylic acids is 1. The molecule has 138 valence electrons. The molecule has 1 amide bonds. The van der Waals surface area contributed by atoms with E-state index in [2.05, 4.69) is 10.3 Å². The molecule has 26 heavy (non-hydrogen) atoms. The molecule has 0 radical (unpaired) electrons. The van der Waals surface area contributed by atoms with Crippen molar-refractivity contribution in [2.45, 2.75) is 50.5 Å². The summed E-state index contributed by atoms with van der Waals surface area (Å²) in [6.07, 6.45) is 5.70. The normalized spacial score (nSPS) is 16.7. The number of hydrogen-bond acceptors (Lipinski definition) is 4. The Hall–Kier alpha value is -2.70. The molecule has 0 spiro atoms. The lowest BCUT2D eigenvalue weighted by Gasteiger charge is -2.29. The smallest absolute Gasteiger partial charge is 0.329 e. The Kier molecular flexibility index (Phi) is 5.35. The van der Waals surface area contributed by atoms with Crippen LogP contribution in [0.1, 0.15) is 44.2 Å². The first kappa shape index (κ1) is 18.1. The zero-order valence-electron chi connectivity index (χ0n) is 14.3. The van der Waals surface area contributed by atoms with Gasteiger partial charge in [-0.1, -0.05) is 25.7 Å². The molecule has 0 aliphatic heterocycles. The predicted molar refractivity (Wildman–Crippen MR) is 91.8 cm³/mol. The van der Waals surface area contributed by atoms with Crippen LogP contribution in [0, 0.1) is 5.82 Å². The van der Waals surface area contributed by atoms with Crippen molar-refractivity contribution in [2.75, 3.05) is 0 Å². The molecule has 0 atom stereocenters. The second-order valence-corrected chi connectivity index (χ2v) is 6.68. The fraction of sp³-hybridized carbons (Fsp3) is 0.421. The maximum atomic E-state index is 13.0. The summed E-state index contributed by atoms with van der Waals surface area (Å²) in [5.74, 6) is -1.45. The van der Waals surface area contributed by atoms with Crippen LogP contribution in [0.25, 0.3) is 11.5 Å². The van der Waals surface area contributed by atoms with Gasteiger partial charge in [-0.3, -0.25) is 4.79 Å². The van der Waals surface area contributed by atoms with E-state index in [9.17, 15) is 19.1 Å². The number of oxazole rings is 1. The Morgan fingerprint density at radius 2 is 1.81 bits per heavy atom. The van der Waals surface area contributed by atoms with Gasteiger partial charge < -0.3 is 14.8 Å². The van der Waals surface area contributed by atoms with Crippen LogP contribution in [0.4, 0.5) is 4.39 Å². The molecular formula is C19H21FN2O4. The molecule has 1 aromatic carbocycles. The first-order chi connectivity index (χ1) is 12.5.